The van der Waals surface area contributed by atoms with Gasteiger partial charge in [0.1, 0.15) is 25.5 Å². The van der Waals surface area contributed by atoms with Gasteiger partial charge in [-0.05, 0) is 37.5 Å². The molecule has 212 valence electrons. The smallest absolute Gasteiger partial charge is 0.364 e. The average molecular weight is 525 g/mol. The van der Waals surface area contributed by atoms with Crippen LogP contribution in [0.2, 0.25) is 0 Å². The third kappa shape index (κ3) is 13.5. The zero-order chi connectivity index (χ0) is 27.5. The van der Waals surface area contributed by atoms with Crippen molar-refractivity contribution in [3.05, 3.63) is 65.7 Å². The van der Waals surface area contributed by atoms with Gasteiger partial charge in [-0.1, -0.05) is 120 Å². The maximum Gasteiger partial charge on any atom is 0.364 e. The summed E-state index contributed by atoms with van der Waals surface area (Å²) in [6.45, 7) is 5.62. The van der Waals surface area contributed by atoms with Gasteiger partial charge in [-0.2, -0.15) is 0 Å². The number of quaternary nitrogens is 1. The Balaban J connectivity index is 1.56. The molecule has 0 radical (unpaired) electrons. The zero-order valence-corrected chi connectivity index (χ0v) is 24.8. The van der Waals surface area contributed by atoms with Gasteiger partial charge in [0.25, 0.3) is 0 Å². The SMILES string of the molecule is CCCCCCCCCCCCCCc1cccc(OCCOC(=O)C(C)[N+](C)(C)Cc2ccccc2)c1. The van der Waals surface area contributed by atoms with Gasteiger partial charge in [0, 0.05) is 5.56 Å². The fraction of sp³-hybridized carbons (Fsp3) is 0.618. The van der Waals surface area contributed by atoms with E-state index in [9.17, 15) is 4.79 Å². The Labute approximate surface area is 233 Å². The third-order valence-corrected chi connectivity index (χ3v) is 7.64. The van der Waals surface area contributed by atoms with Gasteiger partial charge in [-0.3, -0.25) is 0 Å². The highest BCUT2D eigenvalue weighted by atomic mass is 16.6. The lowest BCUT2D eigenvalue weighted by atomic mass is 10.0. The number of carbonyl (C=O) groups excluding carboxylic acids is 1. The molecule has 0 N–H and O–H groups in total. The summed E-state index contributed by atoms with van der Waals surface area (Å²) < 4.78 is 12.0. The number of likely N-dealkylation sites (N-methyl/N-ethyl adjacent to an activating group) is 1. The number of aryl methyl sites for hydroxylation is 1. The van der Waals surface area contributed by atoms with Crippen molar-refractivity contribution in [1.82, 2.24) is 0 Å². The van der Waals surface area contributed by atoms with Gasteiger partial charge in [0.15, 0.2) is 6.04 Å². The lowest BCUT2D eigenvalue weighted by Gasteiger charge is -2.34. The third-order valence-electron chi connectivity index (χ3n) is 7.64. The Hall–Kier alpha value is -2.33. The molecule has 0 aliphatic heterocycles. The molecule has 2 rings (SSSR count). The van der Waals surface area contributed by atoms with E-state index >= 15 is 0 Å². The van der Waals surface area contributed by atoms with Crippen LogP contribution in [0.3, 0.4) is 0 Å². The molecule has 0 aromatic heterocycles. The quantitative estimate of drug-likeness (QED) is 0.0932. The van der Waals surface area contributed by atoms with Gasteiger partial charge in [0.05, 0.1) is 14.1 Å². The van der Waals surface area contributed by atoms with E-state index in [2.05, 4.69) is 51.4 Å². The zero-order valence-electron chi connectivity index (χ0n) is 24.8. The number of hydrogen-bond acceptors (Lipinski definition) is 3. The maximum atomic E-state index is 12.6. The van der Waals surface area contributed by atoms with Crippen LogP contribution in [0.1, 0.15) is 102 Å². The molecule has 0 saturated carbocycles. The van der Waals surface area contributed by atoms with Crippen molar-refractivity contribution in [2.45, 2.75) is 110 Å². The molecular formula is C34H54NO3+. The van der Waals surface area contributed by atoms with E-state index in [-0.39, 0.29) is 18.6 Å². The Morgan fingerprint density at radius 3 is 1.95 bits per heavy atom. The van der Waals surface area contributed by atoms with Crippen LogP contribution in [0.25, 0.3) is 0 Å². The number of benzene rings is 2. The molecule has 1 atom stereocenters. The second-order valence-corrected chi connectivity index (χ2v) is 11.4. The van der Waals surface area contributed by atoms with E-state index in [1.807, 2.05) is 31.2 Å². The standard InChI is InChI=1S/C34H54NO3/c1-5-6-7-8-9-10-11-12-13-14-15-17-21-31-24-20-25-33(28-31)37-26-27-38-34(36)30(2)35(3,4)29-32-22-18-16-19-23-32/h16,18-20,22-25,28,30H,5-15,17,21,26-27,29H2,1-4H3/q+1. The van der Waals surface area contributed by atoms with Crippen LogP contribution in [-0.2, 0) is 22.5 Å². The summed E-state index contributed by atoms with van der Waals surface area (Å²) in [6, 6.07) is 18.4. The highest BCUT2D eigenvalue weighted by Crippen LogP contribution is 2.18. The second kappa shape index (κ2) is 18.8. The number of nitrogens with zero attached hydrogens (tertiary/aromatic N) is 1. The molecule has 0 aliphatic rings. The highest BCUT2D eigenvalue weighted by molar-refractivity contribution is 5.74. The summed E-state index contributed by atoms with van der Waals surface area (Å²) in [5, 5.41) is 0. The Kier molecular flexibility index (Phi) is 15.8. The highest BCUT2D eigenvalue weighted by Gasteiger charge is 2.32. The topological polar surface area (TPSA) is 35.5 Å². The predicted molar refractivity (Wildman–Crippen MR) is 159 cm³/mol. The number of esters is 1. The van der Waals surface area contributed by atoms with Gasteiger partial charge in [-0.25, -0.2) is 4.79 Å². The minimum absolute atomic E-state index is 0.185. The number of carbonyl (C=O) groups is 1. The Bertz CT molecular complexity index is 880. The van der Waals surface area contributed by atoms with E-state index < -0.39 is 0 Å². The molecule has 1 unspecified atom stereocenters. The van der Waals surface area contributed by atoms with Crippen LogP contribution in [0.4, 0.5) is 0 Å². The van der Waals surface area contributed by atoms with Crippen LogP contribution in [0, 0.1) is 0 Å². The molecule has 0 fully saturated rings. The summed E-state index contributed by atoms with van der Waals surface area (Å²) in [4.78, 5) is 12.6. The summed E-state index contributed by atoms with van der Waals surface area (Å²) in [7, 11) is 4.13. The van der Waals surface area contributed by atoms with Gasteiger partial charge < -0.3 is 14.0 Å². The maximum absolute atomic E-state index is 12.6. The van der Waals surface area contributed by atoms with Crippen LogP contribution in [0.5, 0.6) is 5.75 Å². The fourth-order valence-electron chi connectivity index (χ4n) is 4.86. The first-order valence-electron chi connectivity index (χ1n) is 15.2. The molecule has 0 bridgehead atoms. The van der Waals surface area contributed by atoms with E-state index in [0.717, 1.165) is 18.7 Å². The number of ether oxygens (including phenoxy) is 2. The normalized spacial score (nSPS) is 12.3. The first-order valence-corrected chi connectivity index (χ1v) is 15.2. The van der Waals surface area contributed by atoms with Crippen molar-refractivity contribution < 1.29 is 18.8 Å². The van der Waals surface area contributed by atoms with Crippen LogP contribution in [0.15, 0.2) is 54.6 Å². The monoisotopic (exact) mass is 524 g/mol. The lowest BCUT2D eigenvalue weighted by molar-refractivity contribution is -0.917. The molecule has 0 amide bonds. The van der Waals surface area contributed by atoms with Crippen molar-refractivity contribution in [2.24, 2.45) is 0 Å². The van der Waals surface area contributed by atoms with Gasteiger partial charge in [-0.15, -0.1) is 0 Å². The Morgan fingerprint density at radius 1 is 0.737 bits per heavy atom. The summed E-state index contributed by atoms with van der Waals surface area (Å²) in [5.74, 6) is 0.668. The van der Waals surface area contributed by atoms with Crippen molar-refractivity contribution in [3.8, 4) is 5.75 Å². The number of rotatable bonds is 21. The first-order chi connectivity index (χ1) is 18.4. The van der Waals surface area contributed by atoms with Gasteiger partial charge >= 0.3 is 5.97 Å². The molecule has 0 aliphatic carbocycles. The number of unbranched alkanes of at least 4 members (excludes halogenated alkanes) is 11. The van der Waals surface area contributed by atoms with Crippen molar-refractivity contribution >= 4 is 5.97 Å². The Morgan fingerprint density at radius 2 is 1.32 bits per heavy atom. The molecule has 0 spiro atoms. The van der Waals surface area contributed by atoms with Crippen LogP contribution >= 0.6 is 0 Å². The van der Waals surface area contributed by atoms with Gasteiger partial charge in [0.2, 0.25) is 0 Å². The summed E-state index contributed by atoms with van der Waals surface area (Å²) in [6.07, 6.45) is 17.6. The molecule has 2 aromatic carbocycles. The molecule has 4 nitrogen and oxygen atoms in total. The van der Waals surface area contributed by atoms with E-state index in [4.69, 9.17) is 9.47 Å². The van der Waals surface area contributed by atoms with Crippen LogP contribution in [-0.4, -0.2) is 43.8 Å². The minimum atomic E-state index is -0.255. The largest absolute Gasteiger partial charge is 0.490 e. The second-order valence-electron chi connectivity index (χ2n) is 11.4. The van der Waals surface area contributed by atoms with Crippen molar-refractivity contribution in [1.29, 1.82) is 0 Å². The summed E-state index contributed by atoms with van der Waals surface area (Å²) in [5.41, 5.74) is 2.53. The predicted octanol–water partition coefficient (Wildman–Crippen LogP) is 8.52. The van der Waals surface area contributed by atoms with E-state index in [1.165, 1.54) is 88.2 Å². The van der Waals surface area contributed by atoms with E-state index in [0.29, 0.717) is 11.1 Å². The van der Waals surface area contributed by atoms with Crippen molar-refractivity contribution in [3.63, 3.8) is 0 Å². The van der Waals surface area contributed by atoms with E-state index in [1.54, 1.807) is 0 Å². The van der Waals surface area contributed by atoms with Crippen molar-refractivity contribution in [2.75, 3.05) is 27.3 Å². The average Bonchev–Trinajstić information content (AvgIpc) is 2.91. The molecule has 0 heterocycles. The molecule has 2 aromatic rings. The first kappa shape index (κ1) is 31.9. The molecule has 4 heteroatoms. The molecule has 0 saturated heterocycles. The minimum Gasteiger partial charge on any atom is -0.490 e. The molecule has 38 heavy (non-hydrogen) atoms. The lowest BCUT2D eigenvalue weighted by Crippen LogP contribution is -2.51. The fourth-order valence-corrected chi connectivity index (χ4v) is 4.86. The molecular weight excluding hydrogens is 470 g/mol. The summed E-state index contributed by atoms with van der Waals surface area (Å²) >= 11 is 0. The number of hydrogen-bond donors (Lipinski definition) is 0. The van der Waals surface area contributed by atoms with Crippen LogP contribution < -0.4 is 4.74 Å².